The molecule has 0 saturated carbocycles. The average molecular weight is 426 g/mol. The molecule has 1 amide bonds. The molecule has 2 aromatic rings. The maximum atomic E-state index is 13.3. The molecule has 10 heteroatoms. The number of hydrogen-bond donors (Lipinski definition) is 0. The molecular formula is C18H19FN2O5S2. The lowest BCUT2D eigenvalue weighted by Gasteiger charge is -2.33. The van der Waals surface area contributed by atoms with Crippen molar-refractivity contribution < 1.29 is 27.1 Å². The fraction of sp³-hybridized carbons (Fsp3) is 0.333. The van der Waals surface area contributed by atoms with E-state index >= 15 is 0 Å². The van der Waals surface area contributed by atoms with Gasteiger partial charge in [-0.1, -0.05) is 12.1 Å². The van der Waals surface area contributed by atoms with Crippen LogP contribution >= 0.6 is 11.3 Å². The largest absolute Gasteiger partial charge is 0.465 e. The Morgan fingerprint density at radius 3 is 2.54 bits per heavy atom. The number of esters is 1. The van der Waals surface area contributed by atoms with Gasteiger partial charge in [0.2, 0.25) is 5.91 Å². The first-order valence-corrected chi connectivity index (χ1v) is 10.8. The van der Waals surface area contributed by atoms with E-state index in [0.29, 0.717) is 5.56 Å². The van der Waals surface area contributed by atoms with Gasteiger partial charge >= 0.3 is 5.97 Å². The highest BCUT2D eigenvalue weighted by Crippen LogP contribution is 2.25. The molecule has 1 fully saturated rings. The molecule has 1 saturated heterocycles. The van der Waals surface area contributed by atoms with Crippen molar-refractivity contribution in [3.05, 3.63) is 52.7 Å². The first-order valence-electron chi connectivity index (χ1n) is 8.50. The molecule has 1 aliphatic heterocycles. The SMILES string of the molecule is COC(=O)c1csc(S(=O)(=O)N2CCN(C(=O)Cc3cccc(F)c3)CC2)c1. The Balaban J connectivity index is 1.62. The third kappa shape index (κ3) is 4.40. The van der Waals surface area contributed by atoms with Crippen molar-refractivity contribution in [2.45, 2.75) is 10.6 Å². The summed E-state index contributed by atoms with van der Waals surface area (Å²) in [6.07, 6.45) is 0.0674. The van der Waals surface area contributed by atoms with E-state index in [-0.39, 0.29) is 48.3 Å². The molecule has 150 valence electrons. The van der Waals surface area contributed by atoms with Crippen LogP contribution in [0.5, 0.6) is 0 Å². The van der Waals surface area contributed by atoms with Gasteiger partial charge in [-0.05, 0) is 23.8 Å². The normalized spacial score (nSPS) is 15.4. The van der Waals surface area contributed by atoms with Crippen molar-refractivity contribution >= 4 is 33.2 Å². The van der Waals surface area contributed by atoms with Crippen LogP contribution in [0.1, 0.15) is 15.9 Å². The van der Waals surface area contributed by atoms with Crippen LogP contribution in [0.15, 0.2) is 39.9 Å². The van der Waals surface area contributed by atoms with Crippen LogP contribution in [-0.2, 0) is 26.0 Å². The summed E-state index contributed by atoms with van der Waals surface area (Å²) in [6, 6.07) is 7.15. The van der Waals surface area contributed by atoms with Gasteiger partial charge in [0.1, 0.15) is 10.0 Å². The summed E-state index contributed by atoms with van der Waals surface area (Å²) in [6.45, 7) is 0.816. The van der Waals surface area contributed by atoms with Crippen LogP contribution < -0.4 is 0 Å². The second kappa shape index (κ2) is 8.38. The van der Waals surface area contributed by atoms with Gasteiger partial charge in [0.25, 0.3) is 10.0 Å². The molecule has 7 nitrogen and oxygen atoms in total. The van der Waals surface area contributed by atoms with Gasteiger partial charge in [-0.2, -0.15) is 4.31 Å². The van der Waals surface area contributed by atoms with Crippen LogP contribution in [0, 0.1) is 5.82 Å². The summed E-state index contributed by atoms with van der Waals surface area (Å²) in [7, 11) is -2.51. The highest BCUT2D eigenvalue weighted by atomic mass is 32.2. The van der Waals surface area contributed by atoms with E-state index in [2.05, 4.69) is 4.74 Å². The number of piperazine rings is 1. The summed E-state index contributed by atoms with van der Waals surface area (Å²) in [5.74, 6) is -1.17. The number of nitrogens with zero attached hydrogens (tertiary/aromatic N) is 2. The Labute approximate surface area is 166 Å². The number of ether oxygens (including phenoxy) is 1. The molecule has 0 N–H and O–H groups in total. The predicted molar refractivity (Wildman–Crippen MR) is 101 cm³/mol. The van der Waals surface area contributed by atoms with Gasteiger partial charge in [-0.3, -0.25) is 4.79 Å². The third-order valence-electron chi connectivity index (χ3n) is 4.43. The summed E-state index contributed by atoms with van der Waals surface area (Å²) in [5.41, 5.74) is 0.768. The van der Waals surface area contributed by atoms with Gasteiger partial charge in [0.05, 0.1) is 19.1 Å². The van der Waals surface area contributed by atoms with Gasteiger partial charge < -0.3 is 9.64 Å². The number of carbonyl (C=O) groups excluding carboxylic acids is 2. The zero-order valence-corrected chi connectivity index (χ0v) is 16.8. The molecule has 0 spiro atoms. The van der Waals surface area contributed by atoms with E-state index in [1.54, 1.807) is 17.0 Å². The van der Waals surface area contributed by atoms with E-state index in [9.17, 15) is 22.4 Å². The quantitative estimate of drug-likeness (QED) is 0.680. The van der Waals surface area contributed by atoms with Crippen molar-refractivity contribution in [3.63, 3.8) is 0 Å². The van der Waals surface area contributed by atoms with E-state index < -0.39 is 21.8 Å². The van der Waals surface area contributed by atoms with Crippen molar-refractivity contribution in [2.24, 2.45) is 0 Å². The van der Waals surface area contributed by atoms with Crippen LogP contribution in [-0.4, -0.2) is 62.8 Å². The van der Waals surface area contributed by atoms with Crippen molar-refractivity contribution in [1.29, 1.82) is 0 Å². The van der Waals surface area contributed by atoms with Crippen molar-refractivity contribution in [1.82, 2.24) is 9.21 Å². The van der Waals surface area contributed by atoms with Gasteiger partial charge in [0.15, 0.2) is 0 Å². The Morgan fingerprint density at radius 2 is 1.89 bits per heavy atom. The zero-order chi connectivity index (χ0) is 20.3. The van der Waals surface area contributed by atoms with E-state index in [4.69, 9.17) is 0 Å². The van der Waals surface area contributed by atoms with Crippen LogP contribution in [0.25, 0.3) is 0 Å². The number of rotatable bonds is 5. The summed E-state index contributed by atoms with van der Waals surface area (Å²) >= 11 is 0.958. The fourth-order valence-electron chi connectivity index (χ4n) is 2.92. The molecule has 0 unspecified atom stereocenters. The number of methoxy groups -OCH3 is 1. The Kier molecular flexibility index (Phi) is 6.11. The van der Waals surface area contributed by atoms with E-state index in [1.165, 1.54) is 35.0 Å². The fourth-order valence-corrected chi connectivity index (χ4v) is 5.64. The zero-order valence-electron chi connectivity index (χ0n) is 15.1. The monoisotopic (exact) mass is 426 g/mol. The maximum Gasteiger partial charge on any atom is 0.338 e. The topological polar surface area (TPSA) is 84.0 Å². The van der Waals surface area contributed by atoms with Gasteiger partial charge in [-0.15, -0.1) is 11.3 Å². The van der Waals surface area contributed by atoms with Crippen molar-refractivity contribution in [3.8, 4) is 0 Å². The Morgan fingerprint density at radius 1 is 1.18 bits per heavy atom. The lowest BCUT2D eigenvalue weighted by Crippen LogP contribution is -2.50. The minimum Gasteiger partial charge on any atom is -0.465 e. The van der Waals surface area contributed by atoms with Gasteiger partial charge in [-0.25, -0.2) is 17.6 Å². The molecule has 1 aromatic carbocycles. The number of thiophene rings is 1. The highest BCUT2D eigenvalue weighted by molar-refractivity contribution is 7.91. The number of halogens is 1. The molecule has 0 radical (unpaired) electrons. The molecule has 1 aliphatic rings. The average Bonchev–Trinajstić information content (AvgIpc) is 3.18. The van der Waals surface area contributed by atoms with Crippen LogP contribution in [0.3, 0.4) is 0 Å². The molecule has 0 atom stereocenters. The van der Waals surface area contributed by atoms with E-state index in [1.807, 2.05) is 0 Å². The molecular weight excluding hydrogens is 407 g/mol. The maximum absolute atomic E-state index is 13.3. The number of sulfonamides is 1. The number of hydrogen-bond acceptors (Lipinski definition) is 6. The number of carbonyl (C=O) groups is 2. The van der Waals surface area contributed by atoms with E-state index in [0.717, 1.165) is 11.3 Å². The first-order chi connectivity index (χ1) is 13.3. The number of amides is 1. The second-order valence-electron chi connectivity index (χ2n) is 6.24. The summed E-state index contributed by atoms with van der Waals surface area (Å²) < 4.78 is 44.7. The van der Waals surface area contributed by atoms with Crippen LogP contribution in [0.4, 0.5) is 4.39 Å². The molecule has 1 aromatic heterocycles. The minimum atomic E-state index is -3.74. The Hall–Kier alpha value is -2.30. The minimum absolute atomic E-state index is 0.0624. The highest BCUT2D eigenvalue weighted by Gasteiger charge is 2.31. The standard InChI is InChI=1S/C18H19FN2O5S2/c1-26-18(23)14-11-17(27-12-14)28(24,25)21-7-5-20(6-8-21)16(22)10-13-3-2-4-15(19)9-13/h2-4,9,11-12H,5-8,10H2,1H3. The molecule has 3 rings (SSSR count). The predicted octanol–water partition coefficient (Wildman–Crippen LogP) is 1.75. The third-order valence-corrected chi connectivity index (χ3v) is 7.74. The molecule has 2 heterocycles. The second-order valence-corrected chi connectivity index (χ2v) is 9.31. The first kappa shape index (κ1) is 20.4. The lowest BCUT2D eigenvalue weighted by atomic mass is 10.1. The Bertz CT molecular complexity index is 981. The summed E-state index contributed by atoms with van der Waals surface area (Å²) in [4.78, 5) is 25.5. The molecule has 0 bridgehead atoms. The smallest absolute Gasteiger partial charge is 0.338 e. The van der Waals surface area contributed by atoms with Crippen molar-refractivity contribution in [2.75, 3.05) is 33.3 Å². The van der Waals surface area contributed by atoms with Crippen LogP contribution in [0.2, 0.25) is 0 Å². The molecule has 28 heavy (non-hydrogen) atoms. The summed E-state index contributed by atoms with van der Waals surface area (Å²) in [5, 5.41) is 1.44. The number of benzene rings is 1. The molecule has 0 aliphatic carbocycles. The lowest BCUT2D eigenvalue weighted by molar-refractivity contribution is -0.131. The van der Waals surface area contributed by atoms with Gasteiger partial charge in [0, 0.05) is 31.6 Å².